The zero-order valence-corrected chi connectivity index (χ0v) is 18.3. The molecule has 0 spiro atoms. The lowest BCUT2D eigenvalue weighted by atomic mass is 9.55. The lowest BCUT2D eigenvalue weighted by molar-refractivity contribution is -0.171. The van der Waals surface area contributed by atoms with Crippen LogP contribution in [0.4, 0.5) is 0 Å². The lowest BCUT2D eigenvalue weighted by Crippen LogP contribution is -2.47. The zero-order chi connectivity index (χ0) is 22.5. The van der Waals surface area contributed by atoms with Crippen LogP contribution in [0.25, 0.3) is 0 Å². The number of rotatable bonds is 3. The molecule has 166 valence electrons. The number of hydrogen-bond acceptors (Lipinski definition) is 7. The third-order valence-corrected chi connectivity index (χ3v) is 7.37. The van der Waals surface area contributed by atoms with E-state index in [1.165, 1.54) is 20.8 Å². The molecule has 31 heavy (non-hydrogen) atoms. The Bertz CT molecular complexity index is 951. The molecule has 0 heterocycles. The average molecular weight is 428 g/mol. The molecular formula is C24H28O7. The van der Waals surface area contributed by atoms with E-state index in [0.717, 1.165) is 18.4 Å². The Morgan fingerprint density at radius 1 is 1.03 bits per heavy atom. The maximum absolute atomic E-state index is 13.1. The summed E-state index contributed by atoms with van der Waals surface area (Å²) in [6, 6.07) is 5.30. The van der Waals surface area contributed by atoms with Crippen molar-refractivity contribution in [2.75, 3.05) is 0 Å². The first kappa shape index (κ1) is 21.5. The van der Waals surface area contributed by atoms with Gasteiger partial charge in [-0.3, -0.25) is 19.2 Å². The summed E-state index contributed by atoms with van der Waals surface area (Å²) in [5.41, 5.74) is 1.25. The van der Waals surface area contributed by atoms with Crippen molar-refractivity contribution in [1.29, 1.82) is 0 Å². The van der Waals surface area contributed by atoms with E-state index < -0.39 is 30.1 Å². The molecule has 0 aromatic heterocycles. The van der Waals surface area contributed by atoms with Crippen molar-refractivity contribution >= 4 is 23.7 Å². The Hall–Kier alpha value is -2.70. The quantitative estimate of drug-likeness (QED) is 0.536. The highest BCUT2D eigenvalue weighted by atomic mass is 16.6. The largest absolute Gasteiger partial charge is 0.459 e. The predicted molar refractivity (Wildman–Crippen MR) is 109 cm³/mol. The van der Waals surface area contributed by atoms with Crippen molar-refractivity contribution in [1.82, 2.24) is 0 Å². The molecule has 0 amide bonds. The molecule has 0 radical (unpaired) electrons. The molecule has 0 N–H and O–H groups in total. The van der Waals surface area contributed by atoms with E-state index in [1.54, 1.807) is 12.1 Å². The number of ketones is 1. The summed E-state index contributed by atoms with van der Waals surface area (Å²) in [5.74, 6) is -0.459. The highest BCUT2D eigenvalue weighted by Crippen LogP contribution is 2.62. The Morgan fingerprint density at radius 3 is 2.39 bits per heavy atom. The minimum absolute atomic E-state index is 0.0227. The maximum atomic E-state index is 13.1. The summed E-state index contributed by atoms with van der Waals surface area (Å²) >= 11 is 0. The standard InChI is InChI=1S/C24H28O7/c1-12(25)29-15-5-6-16-17-7-8-24(4)20(18(17)10-21(28)19(16)9-15)11-22(30-13(2)26)23(24)31-14(3)27/h5-6,9,17-18,20,22-23H,7-8,10-11H2,1-4H3/t17-,18-,20-,22-,23-,24+/m1/s1. The molecular weight excluding hydrogens is 400 g/mol. The van der Waals surface area contributed by atoms with Gasteiger partial charge in [-0.2, -0.15) is 0 Å². The van der Waals surface area contributed by atoms with Gasteiger partial charge in [-0.25, -0.2) is 0 Å². The molecule has 0 bridgehead atoms. The van der Waals surface area contributed by atoms with Gasteiger partial charge in [-0.1, -0.05) is 13.0 Å². The minimum Gasteiger partial charge on any atom is -0.459 e. The Morgan fingerprint density at radius 2 is 1.74 bits per heavy atom. The van der Waals surface area contributed by atoms with Crippen molar-refractivity contribution in [2.45, 2.75) is 71.5 Å². The summed E-state index contributed by atoms with van der Waals surface area (Å²) in [6.45, 7) is 6.15. The number of carbonyl (C=O) groups is 4. The summed E-state index contributed by atoms with van der Waals surface area (Å²) in [7, 11) is 0. The fraction of sp³-hybridized carbons (Fsp3) is 0.583. The molecule has 2 saturated carbocycles. The lowest BCUT2D eigenvalue weighted by Gasteiger charge is -2.49. The van der Waals surface area contributed by atoms with Gasteiger partial charge in [-0.05, 0) is 54.7 Å². The van der Waals surface area contributed by atoms with Gasteiger partial charge in [0, 0.05) is 38.2 Å². The molecule has 7 nitrogen and oxygen atoms in total. The number of hydrogen-bond donors (Lipinski definition) is 0. The molecule has 0 unspecified atom stereocenters. The molecule has 2 fully saturated rings. The van der Waals surface area contributed by atoms with Crippen molar-refractivity contribution in [3.63, 3.8) is 0 Å². The topological polar surface area (TPSA) is 96.0 Å². The number of Topliss-reactive ketones (excluding diaryl/α,β-unsaturated/α-hetero) is 1. The third kappa shape index (κ3) is 3.75. The van der Waals surface area contributed by atoms with Crippen molar-refractivity contribution in [2.24, 2.45) is 17.3 Å². The second-order valence-corrected chi connectivity index (χ2v) is 9.30. The van der Waals surface area contributed by atoms with E-state index >= 15 is 0 Å². The number of benzene rings is 1. The summed E-state index contributed by atoms with van der Waals surface area (Å²) < 4.78 is 16.4. The van der Waals surface area contributed by atoms with Crippen LogP contribution in [0.2, 0.25) is 0 Å². The van der Waals surface area contributed by atoms with E-state index in [-0.39, 0.29) is 29.0 Å². The molecule has 3 aliphatic carbocycles. The summed E-state index contributed by atoms with van der Waals surface area (Å²) in [5, 5.41) is 0. The van der Waals surface area contributed by atoms with Gasteiger partial charge >= 0.3 is 17.9 Å². The van der Waals surface area contributed by atoms with Crippen LogP contribution in [0, 0.1) is 17.3 Å². The van der Waals surface area contributed by atoms with Crippen LogP contribution in [0.3, 0.4) is 0 Å². The van der Waals surface area contributed by atoms with Crippen LogP contribution in [0.5, 0.6) is 5.75 Å². The van der Waals surface area contributed by atoms with Crippen LogP contribution < -0.4 is 4.74 Å². The monoisotopic (exact) mass is 428 g/mol. The molecule has 1 aromatic carbocycles. The first-order valence-electron chi connectivity index (χ1n) is 10.8. The van der Waals surface area contributed by atoms with Gasteiger partial charge in [-0.15, -0.1) is 0 Å². The SMILES string of the molecule is CC(=O)Oc1ccc2c(c1)C(=O)C[C@@H]1[C@@H]2CC[C@@]2(C)[C@@H]1C[C@@H](OC(C)=O)[C@H]2OC(C)=O. The molecule has 4 rings (SSSR count). The zero-order valence-electron chi connectivity index (χ0n) is 18.3. The average Bonchev–Trinajstić information content (AvgIpc) is 2.93. The number of ether oxygens (including phenoxy) is 3. The third-order valence-electron chi connectivity index (χ3n) is 7.37. The van der Waals surface area contributed by atoms with Crippen molar-refractivity contribution in [3.05, 3.63) is 29.3 Å². The van der Waals surface area contributed by atoms with Crippen LogP contribution >= 0.6 is 0 Å². The first-order chi connectivity index (χ1) is 14.6. The van der Waals surface area contributed by atoms with Crippen LogP contribution in [-0.2, 0) is 23.9 Å². The Balaban J connectivity index is 1.67. The van der Waals surface area contributed by atoms with Gasteiger partial charge in [0.05, 0.1) is 0 Å². The second kappa shape index (κ2) is 7.77. The second-order valence-electron chi connectivity index (χ2n) is 9.30. The highest BCUT2D eigenvalue weighted by molar-refractivity contribution is 5.99. The molecule has 3 aliphatic rings. The van der Waals surface area contributed by atoms with Crippen LogP contribution in [-0.4, -0.2) is 35.9 Å². The molecule has 7 heteroatoms. The predicted octanol–water partition coefficient (Wildman–Crippen LogP) is 3.58. The Labute approximate surface area is 181 Å². The van der Waals surface area contributed by atoms with E-state index in [2.05, 4.69) is 6.92 Å². The number of carbonyl (C=O) groups excluding carboxylic acids is 4. The molecule has 0 saturated heterocycles. The fourth-order valence-electron chi connectivity index (χ4n) is 6.27. The smallest absolute Gasteiger partial charge is 0.308 e. The maximum Gasteiger partial charge on any atom is 0.308 e. The summed E-state index contributed by atoms with van der Waals surface area (Å²) in [4.78, 5) is 47.9. The van der Waals surface area contributed by atoms with Gasteiger partial charge in [0.2, 0.25) is 0 Å². The molecule has 1 aromatic rings. The van der Waals surface area contributed by atoms with Gasteiger partial charge in [0.15, 0.2) is 5.78 Å². The van der Waals surface area contributed by atoms with Gasteiger partial charge < -0.3 is 14.2 Å². The van der Waals surface area contributed by atoms with Gasteiger partial charge in [0.25, 0.3) is 0 Å². The number of esters is 3. The first-order valence-corrected chi connectivity index (χ1v) is 10.8. The van der Waals surface area contributed by atoms with E-state index in [1.807, 2.05) is 6.07 Å². The molecule has 0 aliphatic heterocycles. The number of fused-ring (bicyclic) bond motifs is 5. The highest BCUT2D eigenvalue weighted by Gasteiger charge is 2.61. The van der Waals surface area contributed by atoms with E-state index in [9.17, 15) is 19.2 Å². The van der Waals surface area contributed by atoms with Crippen molar-refractivity contribution < 1.29 is 33.4 Å². The fourth-order valence-corrected chi connectivity index (χ4v) is 6.27. The Kier molecular flexibility index (Phi) is 5.40. The van der Waals surface area contributed by atoms with Gasteiger partial charge in [0.1, 0.15) is 18.0 Å². The molecule has 6 atom stereocenters. The minimum atomic E-state index is -0.511. The summed E-state index contributed by atoms with van der Waals surface area (Å²) in [6.07, 6.45) is 1.58. The van der Waals surface area contributed by atoms with Crippen LogP contribution in [0.15, 0.2) is 18.2 Å². The van der Waals surface area contributed by atoms with Crippen molar-refractivity contribution in [3.8, 4) is 5.75 Å². The van der Waals surface area contributed by atoms with Crippen LogP contribution in [0.1, 0.15) is 75.2 Å². The van der Waals surface area contributed by atoms with E-state index in [4.69, 9.17) is 14.2 Å². The van der Waals surface area contributed by atoms with E-state index in [0.29, 0.717) is 24.2 Å². The normalized spacial score (nSPS) is 33.5.